The van der Waals surface area contributed by atoms with Gasteiger partial charge in [-0.1, -0.05) is 24.1 Å². The quantitative estimate of drug-likeness (QED) is 0.891. The summed E-state index contributed by atoms with van der Waals surface area (Å²) in [4.78, 5) is 2.49. The second-order valence-electron chi connectivity index (χ2n) is 5.38. The minimum Gasteiger partial charge on any atom is -0.309 e. The lowest BCUT2D eigenvalue weighted by Gasteiger charge is -2.29. The first kappa shape index (κ1) is 14.8. The van der Waals surface area contributed by atoms with Gasteiger partial charge in [-0.2, -0.15) is 0 Å². The molecule has 1 aliphatic rings. The van der Waals surface area contributed by atoms with Gasteiger partial charge in [-0.15, -0.1) is 0 Å². The largest absolute Gasteiger partial charge is 0.309 e. The van der Waals surface area contributed by atoms with Crippen LogP contribution in [-0.2, 0) is 6.54 Å². The van der Waals surface area contributed by atoms with Crippen LogP contribution in [0.3, 0.4) is 0 Å². The fourth-order valence-corrected chi connectivity index (χ4v) is 2.70. The summed E-state index contributed by atoms with van der Waals surface area (Å²) in [7, 11) is 0. The Kier molecular flexibility index (Phi) is 5.61. The van der Waals surface area contributed by atoms with Crippen molar-refractivity contribution in [1.82, 2.24) is 10.2 Å². The minimum absolute atomic E-state index is 0.231. The summed E-state index contributed by atoms with van der Waals surface area (Å²) in [6, 6.07) is 5.22. The van der Waals surface area contributed by atoms with Crippen LogP contribution < -0.4 is 5.32 Å². The van der Waals surface area contributed by atoms with Crippen molar-refractivity contribution in [3.63, 3.8) is 0 Å². The first-order valence-corrected chi connectivity index (χ1v) is 7.42. The van der Waals surface area contributed by atoms with Gasteiger partial charge in [0.1, 0.15) is 5.82 Å². The molecule has 1 saturated heterocycles. The number of nitrogens with one attached hydrogen (secondary N) is 1. The van der Waals surface area contributed by atoms with Crippen LogP contribution in [0.15, 0.2) is 18.2 Å². The number of rotatable bonds is 5. The number of hydrogen-bond donors (Lipinski definition) is 1. The Morgan fingerprint density at radius 2 is 2.05 bits per heavy atom. The molecule has 0 radical (unpaired) electrons. The third kappa shape index (κ3) is 4.75. The van der Waals surface area contributed by atoms with Crippen LogP contribution in [0.5, 0.6) is 0 Å². The maximum Gasteiger partial charge on any atom is 0.129 e. The Hall–Kier alpha value is -0.640. The summed E-state index contributed by atoms with van der Waals surface area (Å²) >= 11 is 5.74. The Labute approximate surface area is 119 Å². The molecule has 1 heterocycles. The maximum absolute atomic E-state index is 13.6. The topological polar surface area (TPSA) is 15.3 Å². The summed E-state index contributed by atoms with van der Waals surface area (Å²) in [6.07, 6.45) is 3.96. The van der Waals surface area contributed by atoms with Crippen LogP contribution in [0.1, 0.15) is 31.7 Å². The molecule has 0 spiro atoms. The van der Waals surface area contributed by atoms with Crippen molar-refractivity contribution in [3.05, 3.63) is 34.6 Å². The maximum atomic E-state index is 13.6. The average molecular weight is 285 g/mol. The monoisotopic (exact) mass is 284 g/mol. The van der Waals surface area contributed by atoms with Gasteiger partial charge in [-0.25, -0.2) is 4.39 Å². The number of benzene rings is 1. The zero-order valence-electron chi connectivity index (χ0n) is 11.5. The molecule has 1 fully saturated rings. The van der Waals surface area contributed by atoms with Crippen molar-refractivity contribution in [2.45, 2.75) is 38.8 Å². The van der Waals surface area contributed by atoms with Gasteiger partial charge in [0.15, 0.2) is 0 Å². The molecule has 1 N–H and O–H groups in total. The number of piperidine rings is 1. The molecule has 1 unspecified atom stereocenters. The second kappa shape index (κ2) is 7.22. The first-order valence-electron chi connectivity index (χ1n) is 7.05. The van der Waals surface area contributed by atoms with Crippen LogP contribution in [0.25, 0.3) is 0 Å². The molecule has 2 nitrogen and oxygen atoms in total. The zero-order valence-corrected chi connectivity index (χ0v) is 12.2. The summed E-state index contributed by atoms with van der Waals surface area (Å²) < 4.78 is 13.6. The predicted molar refractivity (Wildman–Crippen MR) is 78.0 cm³/mol. The molecule has 1 atom stereocenters. The molecule has 4 heteroatoms. The van der Waals surface area contributed by atoms with E-state index in [1.54, 1.807) is 12.1 Å². The van der Waals surface area contributed by atoms with Gasteiger partial charge in [-0.05, 0) is 45.0 Å². The molecule has 0 saturated carbocycles. The predicted octanol–water partition coefficient (Wildman–Crippen LogP) is 3.44. The highest BCUT2D eigenvalue weighted by molar-refractivity contribution is 6.30. The number of nitrogens with zero attached hydrogens (tertiary/aromatic N) is 1. The van der Waals surface area contributed by atoms with Gasteiger partial charge in [0.2, 0.25) is 0 Å². The van der Waals surface area contributed by atoms with Crippen molar-refractivity contribution < 1.29 is 4.39 Å². The Morgan fingerprint density at radius 1 is 1.32 bits per heavy atom. The highest BCUT2D eigenvalue weighted by atomic mass is 35.5. The van der Waals surface area contributed by atoms with E-state index in [4.69, 9.17) is 11.6 Å². The van der Waals surface area contributed by atoms with Crippen LogP contribution in [0.2, 0.25) is 5.02 Å². The standard InChI is InChI=1S/C15H22ClFN2/c1-12(11-19-7-3-2-4-8-19)18-10-13-5-6-14(16)9-15(13)17/h5-6,9,12,18H,2-4,7-8,10-11H2,1H3. The van der Waals surface area contributed by atoms with Crippen molar-refractivity contribution >= 4 is 11.6 Å². The highest BCUT2D eigenvalue weighted by Crippen LogP contribution is 2.14. The fourth-order valence-electron chi connectivity index (χ4n) is 2.54. The van der Waals surface area contributed by atoms with Gasteiger partial charge >= 0.3 is 0 Å². The van der Waals surface area contributed by atoms with Gasteiger partial charge < -0.3 is 10.2 Å². The summed E-state index contributed by atoms with van der Waals surface area (Å²) in [6.45, 7) is 6.14. The molecule has 0 bridgehead atoms. The molecule has 0 aromatic heterocycles. The van der Waals surface area contributed by atoms with E-state index in [1.165, 1.54) is 38.4 Å². The minimum atomic E-state index is -0.231. The molecule has 0 aliphatic carbocycles. The van der Waals surface area contributed by atoms with E-state index in [0.29, 0.717) is 23.2 Å². The van der Waals surface area contributed by atoms with E-state index < -0.39 is 0 Å². The molecule has 1 aromatic rings. The summed E-state index contributed by atoms with van der Waals surface area (Å²) in [5.41, 5.74) is 0.676. The van der Waals surface area contributed by atoms with Crippen molar-refractivity contribution in [3.8, 4) is 0 Å². The molecule has 19 heavy (non-hydrogen) atoms. The first-order chi connectivity index (χ1) is 9.15. The molecule has 2 rings (SSSR count). The van der Waals surface area contributed by atoms with Crippen molar-refractivity contribution in [1.29, 1.82) is 0 Å². The van der Waals surface area contributed by atoms with Crippen molar-refractivity contribution in [2.24, 2.45) is 0 Å². The van der Waals surface area contributed by atoms with E-state index in [-0.39, 0.29) is 5.82 Å². The summed E-state index contributed by atoms with van der Waals surface area (Å²) in [5, 5.41) is 3.83. The van der Waals surface area contributed by atoms with Crippen molar-refractivity contribution in [2.75, 3.05) is 19.6 Å². The van der Waals surface area contributed by atoms with E-state index in [2.05, 4.69) is 17.1 Å². The third-order valence-corrected chi connectivity index (χ3v) is 3.87. The van der Waals surface area contributed by atoms with E-state index >= 15 is 0 Å². The second-order valence-corrected chi connectivity index (χ2v) is 5.82. The van der Waals surface area contributed by atoms with Crippen LogP contribution in [0, 0.1) is 5.82 Å². The lowest BCUT2D eigenvalue weighted by molar-refractivity contribution is 0.208. The average Bonchev–Trinajstić information content (AvgIpc) is 2.39. The van der Waals surface area contributed by atoms with Gasteiger partial charge in [0, 0.05) is 29.7 Å². The third-order valence-electron chi connectivity index (χ3n) is 3.64. The Balaban J connectivity index is 1.77. The van der Waals surface area contributed by atoms with E-state index in [1.807, 2.05) is 0 Å². The van der Waals surface area contributed by atoms with Crippen LogP contribution >= 0.6 is 11.6 Å². The fraction of sp³-hybridized carbons (Fsp3) is 0.600. The molecular weight excluding hydrogens is 263 g/mol. The Morgan fingerprint density at radius 3 is 2.74 bits per heavy atom. The number of halogens is 2. The van der Waals surface area contributed by atoms with Gasteiger partial charge in [0.25, 0.3) is 0 Å². The molecule has 0 amide bonds. The Bertz CT molecular complexity index is 405. The summed E-state index contributed by atoms with van der Waals surface area (Å²) in [5.74, 6) is -0.231. The molecule has 106 valence electrons. The van der Waals surface area contributed by atoms with E-state index in [0.717, 1.165) is 6.54 Å². The van der Waals surface area contributed by atoms with Crippen LogP contribution in [0.4, 0.5) is 4.39 Å². The smallest absolute Gasteiger partial charge is 0.129 e. The number of likely N-dealkylation sites (tertiary alicyclic amines) is 1. The molecule has 1 aliphatic heterocycles. The molecular formula is C15H22ClFN2. The lowest BCUT2D eigenvalue weighted by Crippen LogP contribution is -2.41. The zero-order chi connectivity index (χ0) is 13.7. The lowest BCUT2D eigenvalue weighted by atomic mass is 10.1. The van der Waals surface area contributed by atoms with Gasteiger partial charge in [0.05, 0.1) is 0 Å². The highest BCUT2D eigenvalue weighted by Gasteiger charge is 2.13. The number of hydrogen-bond acceptors (Lipinski definition) is 2. The molecule has 1 aromatic carbocycles. The normalized spacial score (nSPS) is 18.5. The van der Waals surface area contributed by atoms with Gasteiger partial charge in [-0.3, -0.25) is 0 Å². The van der Waals surface area contributed by atoms with Crippen LogP contribution in [-0.4, -0.2) is 30.6 Å². The van der Waals surface area contributed by atoms with E-state index in [9.17, 15) is 4.39 Å². The SMILES string of the molecule is CC(CN1CCCCC1)NCc1ccc(Cl)cc1F.